The van der Waals surface area contributed by atoms with Gasteiger partial charge in [-0.2, -0.15) is 0 Å². The van der Waals surface area contributed by atoms with Crippen molar-refractivity contribution in [2.75, 3.05) is 0 Å². The molecule has 1 heterocycles. The Morgan fingerprint density at radius 2 is 2.18 bits per heavy atom. The van der Waals surface area contributed by atoms with Crippen molar-refractivity contribution in [3.63, 3.8) is 0 Å². The summed E-state index contributed by atoms with van der Waals surface area (Å²) in [5.74, 6) is -0.721. The number of aromatic nitrogens is 1. The second-order valence-corrected chi connectivity index (χ2v) is 4.66. The van der Waals surface area contributed by atoms with Crippen LogP contribution in [0.4, 0.5) is 0 Å². The number of carboxylic acid groups (broad SMARTS) is 1. The third-order valence-electron chi connectivity index (χ3n) is 3.47. The van der Waals surface area contributed by atoms with Crippen LogP contribution in [0.15, 0.2) is 24.5 Å². The summed E-state index contributed by atoms with van der Waals surface area (Å²) < 4.78 is 0. The molecule has 2 rings (SSSR count). The molecule has 1 fully saturated rings. The van der Waals surface area contributed by atoms with Crippen LogP contribution in [-0.2, 0) is 11.3 Å². The van der Waals surface area contributed by atoms with Gasteiger partial charge >= 0.3 is 5.97 Å². The summed E-state index contributed by atoms with van der Waals surface area (Å²) in [6, 6.07) is 3.82. The molecule has 4 nitrogen and oxygen atoms in total. The van der Waals surface area contributed by atoms with E-state index in [1.54, 1.807) is 12.4 Å². The molecule has 0 amide bonds. The fourth-order valence-corrected chi connectivity index (χ4v) is 2.40. The van der Waals surface area contributed by atoms with Crippen molar-refractivity contribution in [2.24, 2.45) is 0 Å². The second-order valence-electron chi connectivity index (χ2n) is 4.66. The third kappa shape index (κ3) is 2.82. The first-order valence-corrected chi connectivity index (χ1v) is 6.10. The van der Waals surface area contributed by atoms with E-state index >= 15 is 0 Å². The van der Waals surface area contributed by atoms with Crippen LogP contribution in [0, 0.1) is 0 Å². The van der Waals surface area contributed by atoms with Gasteiger partial charge in [0.2, 0.25) is 0 Å². The van der Waals surface area contributed by atoms with Crippen molar-refractivity contribution in [1.82, 2.24) is 10.3 Å². The van der Waals surface area contributed by atoms with E-state index in [0.717, 1.165) is 37.7 Å². The predicted molar refractivity (Wildman–Crippen MR) is 64.5 cm³/mol. The molecule has 17 heavy (non-hydrogen) atoms. The minimum absolute atomic E-state index is 0.570. The van der Waals surface area contributed by atoms with Crippen molar-refractivity contribution >= 4 is 5.97 Å². The summed E-state index contributed by atoms with van der Waals surface area (Å²) in [5, 5.41) is 12.6. The maximum absolute atomic E-state index is 11.4. The van der Waals surface area contributed by atoms with E-state index in [1.807, 2.05) is 12.1 Å². The van der Waals surface area contributed by atoms with E-state index < -0.39 is 11.5 Å². The summed E-state index contributed by atoms with van der Waals surface area (Å²) >= 11 is 0. The lowest BCUT2D eigenvalue weighted by molar-refractivity contribution is -0.146. The molecule has 0 spiro atoms. The molecule has 0 bridgehead atoms. The van der Waals surface area contributed by atoms with Crippen LogP contribution in [0.5, 0.6) is 0 Å². The van der Waals surface area contributed by atoms with E-state index in [9.17, 15) is 9.90 Å². The first-order valence-electron chi connectivity index (χ1n) is 6.10. The lowest BCUT2D eigenvalue weighted by Gasteiger charge is -2.34. The zero-order chi connectivity index (χ0) is 12.1. The normalized spacial score (nSPS) is 18.8. The molecule has 2 N–H and O–H groups in total. The van der Waals surface area contributed by atoms with Crippen molar-refractivity contribution < 1.29 is 9.90 Å². The fourth-order valence-electron chi connectivity index (χ4n) is 2.40. The second kappa shape index (κ2) is 5.27. The Morgan fingerprint density at radius 1 is 1.41 bits per heavy atom. The number of nitrogens with zero attached hydrogens (tertiary/aromatic N) is 1. The Kier molecular flexibility index (Phi) is 3.74. The summed E-state index contributed by atoms with van der Waals surface area (Å²) in [6.45, 7) is 0.570. The highest BCUT2D eigenvalue weighted by Crippen LogP contribution is 2.28. The van der Waals surface area contributed by atoms with Gasteiger partial charge in [0.05, 0.1) is 0 Å². The quantitative estimate of drug-likeness (QED) is 0.836. The van der Waals surface area contributed by atoms with Gasteiger partial charge in [0, 0.05) is 18.9 Å². The van der Waals surface area contributed by atoms with Gasteiger partial charge in [-0.1, -0.05) is 25.3 Å². The molecule has 0 aliphatic heterocycles. The van der Waals surface area contributed by atoms with Gasteiger partial charge in [0.15, 0.2) is 0 Å². The molecular formula is C13H18N2O2. The minimum Gasteiger partial charge on any atom is -0.480 e. The highest BCUT2D eigenvalue weighted by molar-refractivity contribution is 5.78. The zero-order valence-electron chi connectivity index (χ0n) is 9.85. The number of pyridine rings is 1. The first-order chi connectivity index (χ1) is 8.23. The number of rotatable bonds is 4. The molecule has 0 atom stereocenters. The van der Waals surface area contributed by atoms with Crippen LogP contribution in [-0.4, -0.2) is 21.6 Å². The van der Waals surface area contributed by atoms with Crippen LogP contribution < -0.4 is 5.32 Å². The zero-order valence-corrected chi connectivity index (χ0v) is 9.85. The van der Waals surface area contributed by atoms with Crippen LogP contribution in [0.25, 0.3) is 0 Å². The number of carbonyl (C=O) groups is 1. The maximum atomic E-state index is 11.4. The van der Waals surface area contributed by atoms with Crippen LogP contribution >= 0.6 is 0 Å². The molecule has 0 saturated heterocycles. The summed E-state index contributed by atoms with van der Waals surface area (Å²) in [5.41, 5.74) is 0.298. The average molecular weight is 234 g/mol. The van der Waals surface area contributed by atoms with E-state index in [1.165, 1.54) is 0 Å². The highest BCUT2D eigenvalue weighted by atomic mass is 16.4. The average Bonchev–Trinajstić information content (AvgIpc) is 2.38. The summed E-state index contributed by atoms with van der Waals surface area (Å²) in [6.07, 6.45) is 8.07. The minimum atomic E-state index is -0.728. The van der Waals surface area contributed by atoms with Crippen molar-refractivity contribution in [1.29, 1.82) is 0 Å². The number of nitrogens with one attached hydrogen (secondary N) is 1. The molecule has 1 saturated carbocycles. The molecule has 1 aromatic heterocycles. The van der Waals surface area contributed by atoms with Gasteiger partial charge in [0.1, 0.15) is 5.54 Å². The Balaban J connectivity index is 2.01. The van der Waals surface area contributed by atoms with Gasteiger partial charge < -0.3 is 5.11 Å². The van der Waals surface area contributed by atoms with Crippen LogP contribution in [0.3, 0.4) is 0 Å². The Morgan fingerprint density at radius 3 is 2.76 bits per heavy atom. The fraction of sp³-hybridized carbons (Fsp3) is 0.538. The molecule has 92 valence electrons. The van der Waals surface area contributed by atoms with Crippen molar-refractivity contribution in [3.8, 4) is 0 Å². The molecular weight excluding hydrogens is 216 g/mol. The lowest BCUT2D eigenvalue weighted by Crippen LogP contribution is -2.52. The molecule has 1 aliphatic rings. The van der Waals surface area contributed by atoms with Crippen molar-refractivity contribution in [2.45, 2.75) is 44.2 Å². The number of hydrogen-bond acceptors (Lipinski definition) is 3. The monoisotopic (exact) mass is 234 g/mol. The van der Waals surface area contributed by atoms with E-state index in [2.05, 4.69) is 10.3 Å². The lowest BCUT2D eigenvalue weighted by atomic mass is 9.81. The first kappa shape index (κ1) is 12.0. The third-order valence-corrected chi connectivity index (χ3v) is 3.47. The largest absolute Gasteiger partial charge is 0.480 e. The van der Waals surface area contributed by atoms with Gasteiger partial charge in [-0.3, -0.25) is 15.1 Å². The Hall–Kier alpha value is -1.42. The molecule has 0 unspecified atom stereocenters. The predicted octanol–water partition coefficient (Wildman–Crippen LogP) is 1.96. The summed E-state index contributed by atoms with van der Waals surface area (Å²) in [4.78, 5) is 15.4. The number of aliphatic carboxylic acids is 1. The van der Waals surface area contributed by atoms with E-state index in [0.29, 0.717) is 6.54 Å². The topological polar surface area (TPSA) is 62.2 Å². The van der Waals surface area contributed by atoms with E-state index in [4.69, 9.17) is 0 Å². The van der Waals surface area contributed by atoms with Crippen LogP contribution in [0.1, 0.15) is 37.7 Å². The number of hydrogen-bond donors (Lipinski definition) is 2. The molecule has 1 aliphatic carbocycles. The maximum Gasteiger partial charge on any atom is 0.323 e. The van der Waals surface area contributed by atoms with Crippen molar-refractivity contribution in [3.05, 3.63) is 30.1 Å². The highest BCUT2D eigenvalue weighted by Gasteiger charge is 2.38. The van der Waals surface area contributed by atoms with Gasteiger partial charge in [-0.15, -0.1) is 0 Å². The molecule has 0 radical (unpaired) electrons. The molecule has 0 aromatic carbocycles. The van der Waals surface area contributed by atoms with Crippen LogP contribution in [0.2, 0.25) is 0 Å². The SMILES string of the molecule is O=C(O)C1(NCc2cccnc2)CCCCC1. The molecule has 4 heteroatoms. The van der Waals surface area contributed by atoms with Gasteiger partial charge in [-0.05, 0) is 24.5 Å². The Labute approximate surface area is 101 Å². The van der Waals surface area contributed by atoms with Gasteiger partial charge in [0.25, 0.3) is 0 Å². The number of carboxylic acids is 1. The van der Waals surface area contributed by atoms with E-state index in [-0.39, 0.29) is 0 Å². The molecule has 1 aromatic rings. The standard InChI is InChI=1S/C13H18N2O2/c16-12(17)13(6-2-1-3-7-13)15-10-11-5-4-8-14-9-11/h4-5,8-9,15H,1-3,6-7,10H2,(H,16,17). The van der Waals surface area contributed by atoms with Gasteiger partial charge in [-0.25, -0.2) is 0 Å². The smallest absolute Gasteiger partial charge is 0.323 e. The summed E-state index contributed by atoms with van der Waals surface area (Å²) in [7, 11) is 0. The Bertz CT molecular complexity index is 372.